The number of rotatable bonds is 5. The van der Waals surface area contributed by atoms with Crippen molar-refractivity contribution in [3.8, 4) is 0 Å². The molecule has 0 unspecified atom stereocenters. The summed E-state index contributed by atoms with van der Waals surface area (Å²) >= 11 is 0. The predicted octanol–water partition coefficient (Wildman–Crippen LogP) is 4.00. The van der Waals surface area contributed by atoms with E-state index in [1.54, 1.807) is 0 Å². The van der Waals surface area contributed by atoms with Gasteiger partial charge in [0.2, 0.25) is 11.8 Å². The minimum Gasteiger partial charge on any atom is -0.329 e. The van der Waals surface area contributed by atoms with Crippen LogP contribution in [0.1, 0.15) is 23.6 Å². The van der Waals surface area contributed by atoms with E-state index in [1.807, 2.05) is 31.2 Å². The van der Waals surface area contributed by atoms with Gasteiger partial charge in [-0.3, -0.25) is 9.59 Å². The second-order valence-corrected chi connectivity index (χ2v) is 5.92. The number of carbonyl (C=O) groups is 2. The molecule has 7 heteroatoms. The zero-order chi connectivity index (χ0) is 19.3. The first kappa shape index (κ1) is 19.5. The van der Waals surface area contributed by atoms with E-state index in [1.165, 1.54) is 24.0 Å². The molecule has 0 spiro atoms. The Bertz CT molecular complexity index is 786. The van der Waals surface area contributed by atoms with Gasteiger partial charge in [-0.1, -0.05) is 24.3 Å². The quantitative estimate of drug-likeness (QED) is 0.872. The molecule has 0 aliphatic rings. The molecule has 0 saturated heterocycles. The lowest BCUT2D eigenvalue weighted by atomic mass is 10.1. The SMILES string of the molecule is CC(=O)N(CC(=O)Nc1ccc(C(F)(F)F)cc1)Cc1ccccc1C. The molecule has 1 N–H and O–H groups in total. The zero-order valence-electron chi connectivity index (χ0n) is 14.4. The number of aryl methyl sites for hydroxylation is 1. The summed E-state index contributed by atoms with van der Waals surface area (Å²) in [5, 5.41) is 2.51. The average molecular weight is 364 g/mol. The summed E-state index contributed by atoms with van der Waals surface area (Å²) in [7, 11) is 0. The first-order valence-electron chi connectivity index (χ1n) is 7.94. The highest BCUT2D eigenvalue weighted by Gasteiger charge is 2.30. The highest BCUT2D eigenvalue weighted by molar-refractivity contribution is 5.94. The van der Waals surface area contributed by atoms with Crippen molar-refractivity contribution in [2.45, 2.75) is 26.6 Å². The topological polar surface area (TPSA) is 49.4 Å². The van der Waals surface area contributed by atoms with Gasteiger partial charge in [0.25, 0.3) is 0 Å². The van der Waals surface area contributed by atoms with Crippen LogP contribution in [0.2, 0.25) is 0 Å². The number of hydrogen-bond acceptors (Lipinski definition) is 2. The molecule has 2 rings (SSSR count). The molecule has 2 amide bonds. The Kier molecular flexibility index (Phi) is 6.02. The van der Waals surface area contributed by atoms with Crippen LogP contribution in [0.4, 0.5) is 18.9 Å². The van der Waals surface area contributed by atoms with Crippen molar-refractivity contribution in [3.63, 3.8) is 0 Å². The van der Waals surface area contributed by atoms with Crippen LogP contribution in [0.5, 0.6) is 0 Å². The van der Waals surface area contributed by atoms with Gasteiger partial charge in [-0.05, 0) is 42.3 Å². The van der Waals surface area contributed by atoms with E-state index in [0.717, 1.165) is 23.3 Å². The monoisotopic (exact) mass is 364 g/mol. The van der Waals surface area contributed by atoms with Gasteiger partial charge < -0.3 is 10.2 Å². The summed E-state index contributed by atoms with van der Waals surface area (Å²) in [4.78, 5) is 25.4. The Morgan fingerprint density at radius 2 is 1.65 bits per heavy atom. The standard InChI is InChI=1S/C19H19F3N2O2/c1-13-5-3-4-6-15(13)11-24(14(2)25)12-18(26)23-17-9-7-16(8-10-17)19(20,21)22/h3-10H,11-12H2,1-2H3,(H,23,26). The minimum atomic E-state index is -4.43. The zero-order valence-corrected chi connectivity index (χ0v) is 14.4. The van der Waals surface area contributed by atoms with Gasteiger partial charge in [0.1, 0.15) is 6.54 Å². The first-order chi connectivity index (χ1) is 12.2. The summed E-state index contributed by atoms with van der Waals surface area (Å²) in [5.41, 5.74) is 1.37. The highest BCUT2D eigenvalue weighted by atomic mass is 19.4. The number of anilines is 1. The summed E-state index contributed by atoms with van der Waals surface area (Å²) in [6, 6.07) is 11.7. The maximum absolute atomic E-state index is 12.6. The molecule has 4 nitrogen and oxygen atoms in total. The van der Waals surface area contributed by atoms with Crippen molar-refractivity contribution in [2.24, 2.45) is 0 Å². The number of nitrogens with one attached hydrogen (secondary N) is 1. The molecule has 0 aliphatic heterocycles. The van der Waals surface area contributed by atoms with Gasteiger partial charge in [0, 0.05) is 19.2 Å². The third-order valence-corrected chi connectivity index (χ3v) is 3.90. The van der Waals surface area contributed by atoms with E-state index in [-0.39, 0.29) is 24.7 Å². The fourth-order valence-corrected chi connectivity index (χ4v) is 2.39. The van der Waals surface area contributed by atoms with E-state index in [4.69, 9.17) is 0 Å². The van der Waals surface area contributed by atoms with Crippen LogP contribution >= 0.6 is 0 Å². The maximum atomic E-state index is 12.6. The lowest BCUT2D eigenvalue weighted by Crippen LogP contribution is -2.36. The smallest absolute Gasteiger partial charge is 0.329 e. The predicted molar refractivity (Wildman–Crippen MR) is 92.3 cm³/mol. The third kappa shape index (κ3) is 5.34. The van der Waals surface area contributed by atoms with Crippen molar-refractivity contribution >= 4 is 17.5 Å². The van der Waals surface area contributed by atoms with E-state index < -0.39 is 17.6 Å². The van der Waals surface area contributed by atoms with Crippen LogP contribution in [0.3, 0.4) is 0 Å². The van der Waals surface area contributed by atoms with Crippen molar-refractivity contribution in [1.29, 1.82) is 0 Å². The minimum absolute atomic E-state index is 0.190. The molecule has 2 aromatic carbocycles. The van der Waals surface area contributed by atoms with Gasteiger partial charge in [0.05, 0.1) is 5.56 Å². The molecule has 0 heterocycles. The summed E-state index contributed by atoms with van der Waals surface area (Å²) < 4.78 is 37.7. The average Bonchev–Trinajstić information content (AvgIpc) is 2.55. The lowest BCUT2D eigenvalue weighted by molar-refractivity contribution is -0.137. The summed E-state index contributed by atoms with van der Waals surface area (Å²) in [6.45, 7) is 3.37. The normalized spacial score (nSPS) is 11.1. The molecule has 0 aliphatic carbocycles. The molecule has 26 heavy (non-hydrogen) atoms. The molecule has 0 fully saturated rings. The van der Waals surface area contributed by atoms with Crippen molar-refractivity contribution in [1.82, 2.24) is 4.90 Å². The number of carbonyl (C=O) groups excluding carboxylic acids is 2. The van der Waals surface area contributed by atoms with E-state index in [0.29, 0.717) is 0 Å². The first-order valence-corrected chi connectivity index (χ1v) is 7.94. The number of nitrogens with zero attached hydrogens (tertiary/aromatic N) is 1. The third-order valence-electron chi connectivity index (χ3n) is 3.90. The Morgan fingerprint density at radius 3 is 2.19 bits per heavy atom. The highest BCUT2D eigenvalue weighted by Crippen LogP contribution is 2.29. The Balaban J connectivity index is 2.02. The van der Waals surface area contributed by atoms with Gasteiger partial charge in [-0.2, -0.15) is 13.2 Å². The van der Waals surface area contributed by atoms with Crippen LogP contribution in [0.15, 0.2) is 48.5 Å². The van der Waals surface area contributed by atoms with Crippen molar-refractivity contribution < 1.29 is 22.8 Å². The van der Waals surface area contributed by atoms with E-state index in [9.17, 15) is 22.8 Å². The molecule has 138 valence electrons. The second kappa shape index (κ2) is 8.03. The summed E-state index contributed by atoms with van der Waals surface area (Å²) in [6.07, 6.45) is -4.43. The molecule has 0 saturated carbocycles. The van der Waals surface area contributed by atoms with Gasteiger partial charge in [-0.25, -0.2) is 0 Å². The summed E-state index contributed by atoms with van der Waals surface area (Å²) in [5.74, 6) is -0.746. The molecular formula is C19H19F3N2O2. The van der Waals surface area contributed by atoms with Crippen molar-refractivity contribution in [2.75, 3.05) is 11.9 Å². The maximum Gasteiger partial charge on any atom is 0.416 e. The number of alkyl halides is 3. The fraction of sp³-hybridized carbons (Fsp3) is 0.263. The molecule has 0 bridgehead atoms. The van der Waals surface area contributed by atoms with Crippen LogP contribution in [-0.2, 0) is 22.3 Å². The van der Waals surface area contributed by atoms with Crippen LogP contribution < -0.4 is 5.32 Å². The van der Waals surface area contributed by atoms with Gasteiger partial charge >= 0.3 is 6.18 Å². The van der Waals surface area contributed by atoms with Crippen LogP contribution in [-0.4, -0.2) is 23.3 Å². The molecule has 0 radical (unpaired) electrons. The number of amides is 2. The molecule has 0 aromatic heterocycles. The number of benzene rings is 2. The number of halogens is 3. The molecular weight excluding hydrogens is 345 g/mol. The van der Waals surface area contributed by atoms with Crippen LogP contribution in [0, 0.1) is 6.92 Å². The number of hydrogen-bond donors (Lipinski definition) is 1. The lowest BCUT2D eigenvalue weighted by Gasteiger charge is -2.21. The Labute approximate surface area is 149 Å². The second-order valence-electron chi connectivity index (χ2n) is 5.92. The van der Waals surface area contributed by atoms with Gasteiger partial charge in [-0.15, -0.1) is 0 Å². The van der Waals surface area contributed by atoms with Crippen LogP contribution in [0.25, 0.3) is 0 Å². The van der Waals surface area contributed by atoms with Crippen molar-refractivity contribution in [3.05, 3.63) is 65.2 Å². The van der Waals surface area contributed by atoms with E-state index >= 15 is 0 Å². The Hall–Kier alpha value is -2.83. The Morgan fingerprint density at radius 1 is 1.04 bits per heavy atom. The largest absolute Gasteiger partial charge is 0.416 e. The van der Waals surface area contributed by atoms with Gasteiger partial charge in [0.15, 0.2) is 0 Å². The van der Waals surface area contributed by atoms with E-state index in [2.05, 4.69) is 5.32 Å². The molecule has 2 aromatic rings. The molecule has 0 atom stereocenters. The fourth-order valence-electron chi connectivity index (χ4n) is 2.39.